The van der Waals surface area contributed by atoms with E-state index in [1.807, 2.05) is 36.4 Å². The number of aromatic nitrogens is 1. The van der Waals surface area contributed by atoms with Crippen molar-refractivity contribution in [1.29, 1.82) is 0 Å². The standard InChI is InChI=1S/C20H19Cl2N3/c21-17-5-3-6-18(13-17)25-10-8-24(9-11-25)14-16-12-15-4-1-2-7-19(15)23-20(16)22/h1-7,12-13H,8-11,14H2/p+1. The van der Waals surface area contributed by atoms with E-state index in [1.54, 1.807) is 0 Å². The first-order valence-corrected chi connectivity index (χ1v) is 9.33. The Morgan fingerprint density at radius 3 is 2.56 bits per heavy atom. The highest BCUT2D eigenvalue weighted by molar-refractivity contribution is 6.31. The molecule has 1 aromatic heterocycles. The van der Waals surface area contributed by atoms with Gasteiger partial charge in [0.1, 0.15) is 11.7 Å². The molecule has 0 saturated carbocycles. The number of hydrogen-bond donors (Lipinski definition) is 1. The number of hydrogen-bond acceptors (Lipinski definition) is 2. The van der Waals surface area contributed by atoms with Crippen LogP contribution in [0.1, 0.15) is 5.56 Å². The molecule has 3 nitrogen and oxygen atoms in total. The van der Waals surface area contributed by atoms with Gasteiger partial charge in [-0.1, -0.05) is 47.5 Å². The zero-order valence-corrected chi connectivity index (χ0v) is 15.4. The molecule has 25 heavy (non-hydrogen) atoms. The van der Waals surface area contributed by atoms with Crippen molar-refractivity contribution < 1.29 is 4.90 Å². The van der Waals surface area contributed by atoms with Crippen LogP contribution in [0, 0.1) is 0 Å². The maximum atomic E-state index is 6.41. The van der Waals surface area contributed by atoms with Crippen LogP contribution in [0.2, 0.25) is 10.2 Å². The summed E-state index contributed by atoms with van der Waals surface area (Å²) in [5, 5.41) is 2.57. The molecule has 1 fully saturated rings. The fraction of sp³-hybridized carbons (Fsp3) is 0.250. The van der Waals surface area contributed by atoms with Crippen LogP contribution in [0.25, 0.3) is 10.9 Å². The second-order valence-corrected chi connectivity index (χ2v) is 7.32. The van der Waals surface area contributed by atoms with Crippen molar-refractivity contribution in [1.82, 2.24) is 4.98 Å². The predicted octanol–water partition coefficient (Wildman–Crippen LogP) is 3.45. The van der Waals surface area contributed by atoms with E-state index in [-0.39, 0.29) is 0 Å². The average Bonchev–Trinajstić information content (AvgIpc) is 2.63. The first kappa shape index (κ1) is 16.6. The number of nitrogens with zero attached hydrogens (tertiary/aromatic N) is 2. The Kier molecular flexibility index (Phi) is 4.80. The number of pyridine rings is 1. The summed E-state index contributed by atoms with van der Waals surface area (Å²) in [6, 6.07) is 18.4. The van der Waals surface area contributed by atoms with Crippen LogP contribution >= 0.6 is 23.2 Å². The van der Waals surface area contributed by atoms with E-state index >= 15 is 0 Å². The summed E-state index contributed by atoms with van der Waals surface area (Å²) >= 11 is 12.5. The minimum atomic E-state index is 0.628. The monoisotopic (exact) mass is 372 g/mol. The van der Waals surface area contributed by atoms with Gasteiger partial charge in [-0.15, -0.1) is 0 Å². The first-order valence-electron chi connectivity index (χ1n) is 8.57. The van der Waals surface area contributed by atoms with Crippen molar-refractivity contribution in [3.8, 4) is 0 Å². The van der Waals surface area contributed by atoms with Crippen LogP contribution < -0.4 is 9.80 Å². The molecule has 3 aromatic rings. The molecular weight excluding hydrogens is 353 g/mol. The Morgan fingerprint density at radius 1 is 0.960 bits per heavy atom. The van der Waals surface area contributed by atoms with E-state index in [4.69, 9.17) is 23.2 Å². The normalized spacial score (nSPS) is 15.7. The minimum Gasteiger partial charge on any atom is -0.360 e. The molecule has 2 heterocycles. The molecule has 5 heteroatoms. The SMILES string of the molecule is Clc1cccc(N2CC[NH+](Cc3cc4ccccc4nc3Cl)CC2)c1. The van der Waals surface area contributed by atoms with Crippen LogP contribution in [0.3, 0.4) is 0 Å². The van der Waals surface area contributed by atoms with Gasteiger partial charge in [0, 0.05) is 21.7 Å². The number of halogens is 2. The number of benzene rings is 2. The Hall–Kier alpha value is -1.81. The molecule has 1 saturated heterocycles. The first-order chi connectivity index (χ1) is 12.2. The Labute approximate surface area is 157 Å². The van der Waals surface area contributed by atoms with Crippen molar-refractivity contribution in [3.63, 3.8) is 0 Å². The molecule has 0 spiro atoms. The van der Waals surface area contributed by atoms with E-state index in [1.165, 1.54) is 10.6 Å². The Balaban J connectivity index is 1.44. The molecule has 1 N–H and O–H groups in total. The van der Waals surface area contributed by atoms with Gasteiger partial charge in [0.2, 0.25) is 0 Å². The van der Waals surface area contributed by atoms with Gasteiger partial charge in [0.25, 0.3) is 0 Å². The number of rotatable bonds is 3. The summed E-state index contributed by atoms with van der Waals surface area (Å²) in [7, 11) is 0. The lowest BCUT2D eigenvalue weighted by Gasteiger charge is -2.33. The van der Waals surface area contributed by atoms with E-state index in [2.05, 4.69) is 28.1 Å². The molecule has 0 aliphatic carbocycles. The van der Waals surface area contributed by atoms with Gasteiger partial charge in [-0.3, -0.25) is 0 Å². The smallest absolute Gasteiger partial charge is 0.138 e. The summed E-state index contributed by atoms with van der Waals surface area (Å²) in [4.78, 5) is 8.48. The molecule has 0 radical (unpaired) electrons. The molecule has 0 atom stereocenters. The largest absolute Gasteiger partial charge is 0.360 e. The van der Waals surface area contributed by atoms with Crippen LogP contribution in [0.4, 0.5) is 5.69 Å². The third-order valence-corrected chi connectivity index (χ3v) is 5.40. The summed E-state index contributed by atoms with van der Waals surface area (Å²) in [5.74, 6) is 0. The third-order valence-electron chi connectivity index (χ3n) is 4.83. The van der Waals surface area contributed by atoms with Crippen LogP contribution in [-0.4, -0.2) is 31.2 Å². The highest BCUT2D eigenvalue weighted by Crippen LogP contribution is 2.21. The summed E-state index contributed by atoms with van der Waals surface area (Å²) in [6.45, 7) is 5.12. The van der Waals surface area contributed by atoms with E-state index in [0.717, 1.165) is 54.2 Å². The van der Waals surface area contributed by atoms with Crippen molar-refractivity contribution >= 4 is 39.8 Å². The number of anilines is 1. The number of para-hydroxylation sites is 1. The molecular formula is C20H20Cl2N3+. The van der Waals surface area contributed by atoms with E-state index in [0.29, 0.717) is 5.15 Å². The van der Waals surface area contributed by atoms with Crippen molar-refractivity contribution in [2.45, 2.75) is 6.54 Å². The van der Waals surface area contributed by atoms with Gasteiger partial charge >= 0.3 is 0 Å². The highest BCUT2D eigenvalue weighted by Gasteiger charge is 2.21. The fourth-order valence-corrected chi connectivity index (χ4v) is 3.86. The molecule has 0 amide bonds. The topological polar surface area (TPSA) is 20.6 Å². The van der Waals surface area contributed by atoms with Crippen molar-refractivity contribution in [2.24, 2.45) is 0 Å². The van der Waals surface area contributed by atoms with Crippen LogP contribution in [0.5, 0.6) is 0 Å². The van der Waals surface area contributed by atoms with Gasteiger partial charge in [-0.25, -0.2) is 4.98 Å². The fourth-order valence-electron chi connectivity index (χ4n) is 3.46. The average molecular weight is 373 g/mol. The molecule has 1 aliphatic heterocycles. The molecule has 0 unspecified atom stereocenters. The Morgan fingerprint density at radius 2 is 1.76 bits per heavy atom. The minimum absolute atomic E-state index is 0.628. The van der Waals surface area contributed by atoms with Gasteiger partial charge in [-0.2, -0.15) is 0 Å². The van der Waals surface area contributed by atoms with Gasteiger partial charge in [0.15, 0.2) is 0 Å². The second kappa shape index (κ2) is 7.20. The van der Waals surface area contributed by atoms with Crippen molar-refractivity contribution in [2.75, 3.05) is 31.1 Å². The third kappa shape index (κ3) is 3.74. The molecule has 0 bridgehead atoms. The Bertz CT molecular complexity index is 889. The van der Waals surface area contributed by atoms with Crippen molar-refractivity contribution in [3.05, 3.63) is 70.3 Å². The number of fused-ring (bicyclic) bond motifs is 1. The zero-order valence-electron chi connectivity index (χ0n) is 13.9. The van der Waals surface area contributed by atoms with E-state index < -0.39 is 0 Å². The summed E-state index contributed by atoms with van der Waals surface area (Å²) in [6.07, 6.45) is 0. The zero-order chi connectivity index (χ0) is 17.2. The van der Waals surface area contributed by atoms with Crippen LogP contribution in [-0.2, 0) is 6.54 Å². The lowest BCUT2D eigenvalue weighted by atomic mass is 10.1. The summed E-state index contributed by atoms with van der Waals surface area (Å²) < 4.78 is 0. The molecule has 128 valence electrons. The number of piperazine rings is 1. The van der Waals surface area contributed by atoms with Gasteiger partial charge in [-0.05, 0) is 30.3 Å². The molecule has 4 rings (SSSR count). The lowest BCUT2D eigenvalue weighted by Crippen LogP contribution is -3.13. The maximum absolute atomic E-state index is 6.41. The predicted molar refractivity (Wildman–Crippen MR) is 105 cm³/mol. The summed E-state index contributed by atoms with van der Waals surface area (Å²) in [5.41, 5.74) is 3.29. The highest BCUT2D eigenvalue weighted by atomic mass is 35.5. The quantitative estimate of drug-likeness (QED) is 0.710. The van der Waals surface area contributed by atoms with E-state index in [9.17, 15) is 0 Å². The molecule has 1 aliphatic rings. The van der Waals surface area contributed by atoms with Gasteiger partial charge < -0.3 is 9.80 Å². The second-order valence-electron chi connectivity index (χ2n) is 6.52. The lowest BCUT2D eigenvalue weighted by molar-refractivity contribution is -0.914. The number of quaternary nitrogens is 1. The van der Waals surface area contributed by atoms with Crippen LogP contribution in [0.15, 0.2) is 54.6 Å². The maximum Gasteiger partial charge on any atom is 0.138 e. The van der Waals surface area contributed by atoms with Gasteiger partial charge in [0.05, 0.1) is 31.7 Å². The number of nitrogens with one attached hydrogen (secondary N) is 1. The molecule has 2 aromatic carbocycles.